The highest BCUT2D eigenvalue weighted by atomic mass is 35.5. The lowest BCUT2D eigenvalue weighted by atomic mass is 9.95. The van der Waals surface area contributed by atoms with Crippen molar-refractivity contribution < 1.29 is 4.79 Å². The summed E-state index contributed by atoms with van der Waals surface area (Å²) in [6, 6.07) is 17.6. The third-order valence-electron chi connectivity index (χ3n) is 5.75. The molecule has 1 aliphatic rings. The monoisotopic (exact) mass is 420 g/mol. The van der Waals surface area contributed by atoms with Gasteiger partial charge in [-0.15, -0.1) is 10.2 Å². The molecule has 0 bridgehead atoms. The van der Waals surface area contributed by atoms with Crippen LogP contribution in [0.4, 0.5) is 11.5 Å². The SMILES string of the molecule is Cc1ccc(NC(=O)C2CCN(c3ccc(-c4ccc(Cl)cc4)nn3)CC2)cc1C. The number of aromatic nitrogens is 2. The van der Waals surface area contributed by atoms with Gasteiger partial charge in [-0.25, -0.2) is 0 Å². The fourth-order valence-electron chi connectivity index (χ4n) is 3.70. The van der Waals surface area contributed by atoms with Crippen LogP contribution in [0.5, 0.6) is 0 Å². The summed E-state index contributed by atoms with van der Waals surface area (Å²) in [4.78, 5) is 14.9. The lowest BCUT2D eigenvalue weighted by Gasteiger charge is -2.31. The van der Waals surface area contributed by atoms with Gasteiger partial charge in [-0.05, 0) is 74.2 Å². The average Bonchev–Trinajstić information content (AvgIpc) is 2.77. The smallest absolute Gasteiger partial charge is 0.227 e. The minimum atomic E-state index is 0.0177. The molecule has 2 heterocycles. The van der Waals surface area contributed by atoms with Gasteiger partial charge < -0.3 is 10.2 Å². The summed E-state index contributed by atoms with van der Waals surface area (Å²) < 4.78 is 0. The fraction of sp³-hybridized carbons (Fsp3) is 0.292. The first-order chi connectivity index (χ1) is 14.5. The molecule has 1 N–H and O–H groups in total. The number of nitrogens with zero attached hydrogens (tertiary/aromatic N) is 3. The van der Waals surface area contributed by atoms with Crippen LogP contribution >= 0.6 is 11.6 Å². The van der Waals surface area contributed by atoms with Gasteiger partial charge in [0.05, 0.1) is 5.69 Å². The zero-order valence-electron chi connectivity index (χ0n) is 17.2. The number of carbonyl (C=O) groups excluding carboxylic acids is 1. The Morgan fingerprint density at radius 3 is 2.33 bits per heavy atom. The number of anilines is 2. The summed E-state index contributed by atoms with van der Waals surface area (Å²) in [6.07, 6.45) is 1.61. The highest BCUT2D eigenvalue weighted by Gasteiger charge is 2.26. The third kappa shape index (κ3) is 4.62. The van der Waals surface area contributed by atoms with Crippen LogP contribution in [0, 0.1) is 19.8 Å². The molecule has 1 fully saturated rings. The Morgan fingerprint density at radius 2 is 1.70 bits per heavy atom. The Kier molecular flexibility index (Phi) is 6.00. The van der Waals surface area contributed by atoms with Crippen LogP contribution in [0.3, 0.4) is 0 Å². The van der Waals surface area contributed by atoms with E-state index < -0.39 is 0 Å². The van der Waals surface area contributed by atoms with Crippen molar-refractivity contribution in [3.63, 3.8) is 0 Å². The highest BCUT2D eigenvalue weighted by molar-refractivity contribution is 6.30. The fourth-order valence-corrected chi connectivity index (χ4v) is 3.83. The number of rotatable bonds is 4. The number of amides is 1. The maximum Gasteiger partial charge on any atom is 0.227 e. The maximum absolute atomic E-state index is 12.7. The molecule has 0 atom stereocenters. The molecule has 1 amide bonds. The van der Waals surface area contributed by atoms with E-state index in [-0.39, 0.29) is 11.8 Å². The van der Waals surface area contributed by atoms with Gasteiger partial charge in [0.2, 0.25) is 5.91 Å². The van der Waals surface area contributed by atoms with Crippen LogP contribution < -0.4 is 10.2 Å². The molecule has 0 spiro atoms. The largest absolute Gasteiger partial charge is 0.355 e. The number of benzene rings is 2. The van der Waals surface area contributed by atoms with Crippen molar-refractivity contribution in [1.29, 1.82) is 0 Å². The second kappa shape index (κ2) is 8.84. The van der Waals surface area contributed by atoms with Gasteiger partial charge in [-0.1, -0.05) is 29.8 Å². The maximum atomic E-state index is 12.7. The predicted octanol–water partition coefficient (Wildman–Crippen LogP) is 5.27. The van der Waals surface area contributed by atoms with Crippen molar-refractivity contribution in [1.82, 2.24) is 10.2 Å². The molecule has 1 aromatic heterocycles. The van der Waals surface area contributed by atoms with Crippen LogP contribution in [0.1, 0.15) is 24.0 Å². The van der Waals surface area contributed by atoms with E-state index in [4.69, 9.17) is 11.6 Å². The normalized spacial score (nSPS) is 14.6. The molecule has 2 aromatic carbocycles. The van der Waals surface area contributed by atoms with Crippen LogP contribution in [-0.4, -0.2) is 29.2 Å². The molecule has 0 unspecified atom stereocenters. The molecule has 0 saturated carbocycles. The molecule has 3 aromatic rings. The summed E-state index contributed by atoms with van der Waals surface area (Å²) in [5, 5.41) is 12.5. The quantitative estimate of drug-likeness (QED) is 0.624. The molecular weight excluding hydrogens is 396 g/mol. The van der Waals surface area contributed by atoms with Crippen molar-refractivity contribution in [2.45, 2.75) is 26.7 Å². The van der Waals surface area contributed by atoms with Gasteiger partial charge in [-0.3, -0.25) is 4.79 Å². The number of piperidine rings is 1. The van der Waals surface area contributed by atoms with E-state index in [9.17, 15) is 4.79 Å². The summed E-state index contributed by atoms with van der Waals surface area (Å²) >= 11 is 5.95. The van der Waals surface area contributed by atoms with Crippen LogP contribution in [0.25, 0.3) is 11.3 Å². The van der Waals surface area contributed by atoms with Crippen LogP contribution in [-0.2, 0) is 4.79 Å². The second-order valence-electron chi connectivity index (χ2n) is 7.83. The summed E-state index contributed by atoms with van der Waals surface area (Å²) in [6.45, 7) is 5.71. The van der Waals surface area contributed by atoms with Crippen molar-refractivity contribution in [3.8, 4) is 11.3 Å². The van der Waals surface area contributed by atoms with Gasteiger partial charge in [0.1, 0.15) is 0 Å². The lowest BCUT2D eigenvalue weighted by molar-refractivity contribution is -0.120. The molecule has 4 rings (SSSR count). The Morgan fingerprint density at radius 1 is 0.967 bits per heavy atom. The number of halogens is 1. The Balaban J connectivity index is 1.34. The van der Waals surface area contributed by atoms with E-state index in [0.29, 0.717) is 5.02 Å². The first kappa shape index (κ1) is 20.4. The Labute approximate surface area is 182 Å². The van der Waals surface area contributed by atoms with Crippen LogP contribution in [0.2, 0.25) is 5.02 Å². The van der Waals surface area contributed by atoms with Gasteiger partial charge in [0.15, 0.2) is 5.82 Å². The van der Waals surface area contributed by atoms with E-state index in [1.807, 2.05) is 54.6 Å². The van der Waals surface area contributed by atoms with E-state index in [2.05, 4.69) is 34.3 Å². The first-order valence-corrected chi connectivity index (χ1v) is 10.6. The molecule has 1 aliphatic heterocycles. The highest BCUT2D eigenvalue weighted by Crippen LogP contribution is 2.25. The summed E-state index contributed by atoms with van der Waals surface area (Å²) in [5.74, 6) is 0.965. The van der Waals surface area contributed by atoms with E-state index >= 15 is 0 Å². The summed E-state index contributed by atoms with van der Waals surface area (Å²) in [7, 11) is 0. The number of hydrogen-bond donors (Lipinski definition) is 1. The van der Waals surface area contributed by atoms with Crippen molar-refractivity contribution in [2.75, 3.05) is 23.3 Å². The zero-order valence-corrected chi connectivity index (χ0v) is 18.0. The molecule has 1 saturated heterocycles. The lowest BCUT2D eigenvalue weighted by Crippen LogP contribution is -2.38. The van der Waals surface area contributed by atoms with Crippen molar-refractivity contribution >= 4 is 29.0 Å². The number of aryl methyl sites for hydroxylation is 2. The molecule has 30 heavy (non-hydrogen) atoms. The second-order valence-corrected chi connectivity index (χ2v) is 8.27. The van der Waals surface area contributed by atoms with E-state index in [0.717, 1.165) is 48.7 Å². The number of hydrogen-bond acceptors (Lipinski definition) is 4. The number of carbonyl (C=O) groups is 1. The summed E-state index contributed by atoms with van der Waals surface area (Å²) in [5.41, 5.74) is 5.08. The Hall–Kier alpha value is -2.92. The minimum Gasteiger partial charge on any atom is -0.355 e. The van der Waals surface area contributed by atoms with Crippen molar-refractivity contribution in [2.24, 2.45) is 5.92 Å². The van der Waals surface area contributed by atoms with Gasteiger partial charge in [-0.2, -0.15) is 0 Å². The zero-order chi connectivity index (χ0) is 21.1. The standard InChI is InChI=1S/C24H25ClN4O/c1-16-3-8-21(15-17(16)2)26-24(30)19-11-13-29(14-12-19)23-10-9-22(27-28-23)18-4-6-20(25)7-5-18/h3-10,15,19H,11-14H2,1-2H3,(H,26,30). The topological polar surface area (TPSA) is 58.1 Å². The Bertz CT molecular complexity index is 1030. The minimum absolute atomic E-state index is 0.0177. The van der Waals surface area contributed by atoms with Gasteiger partial charge >= 0.3 is 0 Å². The molecule has 5 nitrogen and oxygen atoms in total. The average molecular weight is 421 g/mol. The van der Waals surface area contributed by atoms with E-state index in [1.54, 1.807) is 0 Å². The third-order valence-corrected chi connectivity index (χ3v) is 6.01. The first-order valence-electron chi connectivity index (χ1n) is 10.2. The van der Waals surface area contributed by atoms with Crippen LogP contribution in [0.15, 0.2) is 54.6 Å². The molecular formula is C24H25ClN4O. The van der Waals surface area contributed by atoms with E-state index in [1.165, 1.54) is 11.1 Å². The van der Waals surface area contributed by atoms with Crippen molar-refractivity contribution in [3.05, 3.63) is 70.7 Å². The van der Waals surface area contributed by atoms with Gasteiger partial charge in [0, 0.05) is 35.3 Å². The molecule has 0 aliphatic carbocycles. The molecule has 154 valence electrons. The predicted molar refractivity (Wildman–Crippen MR) is 122 cm³/mol. The molecule has 0 radical (unpaired) electrons. The number of nitrogens with one attached hydrogen (secondary N) is 1. The van der Waals surface area contributed by atoms with Gasteiger partial charge in [0.25, 0.3) is 0 Å². The molecule has 6 heteroatoms.